The summed E-state index contributed by atoms with van der Waals surface area (Å²) in [4.78, 5) is 39.6. The van der Waals surface area contributed by atoms with E-state index in [4.69, 9.17) is 42.1 Å². The van der Waals surface area contributed by atoms with Crippen molar-refractivity contribution in [2.45, 2.75) is 51.6 Å². The molecule has 11 heteroatoms. The largest absolute Gasteiger partial charge is 0.495 e. The molecule has 0 aliphatic heterocycles. The van der Waals surface area contributed by atoms with Crippen LogP contribution in [0.15, 0.2) is 60.7 Å². The summed E-state index contributed by atoms with van der Waals surface area (Å²) in [7, 11) is 3.09. The smallest absolute Gasteiger partial charge is 0.407 e. The Morgan fingerprint density at radius 3 is 1.39 bits per heavy atom. The minimum atomic E-state index is -1.18. The van der Waals surface area contributed by atoms with E-state index in [0.29, 0.717) is 32.7 Å². The Kier molecular flexibility index (Phi) is 10.9. The van der Waals surface area contributed by atoms with Crippen molar-refractivity contribution in [2.75, 3.05) is 27.4 Å². The van der Waals surface area contributed by atoms with Crippen molar-refractivity contribution in [3.8, 4) is 11.5 Å². The maximum atomic E-state index is 14.0. The Morgan fingerprint density at radius 1 is 0.652 bits per heavy atom. The van der Waals surface area contributed by atoms with E-state index in [1.54, 1.807) is 54.0 Å². The summed E-state index contributed by atoms with van der Waals surface area (Å²) in [6.07, 6.45) is -1.56. The molecule has 0 saturated heterocycles. The predicted molar refractivity (Wildman–Crippen MR) is 180 cm³/mol. The molecule has 46 heavy (non-hydrogen) atoms. The highest BCUT2D eigenvalue weighted by molar-refractivity contribution is 6.37. The number of carbonyl (C=O) groups is 3. The molecule has 9 nitrogen and oxygen atoms in total. The molecule has 2 atom stereocenters. The molecular weight excluding hydrogens is 631 g/mol. The van der Waals surface area contributed by atoms with E-state index in [0.717, 1.165) is 21.5 Å². The lowest BCUT2D eigenvalue weighted by Crippen LogP contribution is -2.48. The van der Waals surface area contributed by atoms with E-state index in [-0.39, 0.29) is 31.8 Å². The second-order valence-electron chi connectivity index (χ2n) is 11.3. The van der Waals surface area contributed by atoms with Gasteiger partial charge in [0.05, 0.1) is 48.6 Å². The van der Waals surface area contributed by atoms with Crippen molar-refractivity contribution >= 4 is 62.7 Å². The number of methoxy groups -OCH3 is 2. The molecule has 0 aliphatic carbocycles. The molecule has 0 fully saturated rings. The minimum Gasteiger partial charge on any atom is -0.495 e. The zero-order chi connectivity index (χ0) is 33.6. The molecule has 2 amide bonds. The van der Waals surface area contributed by atoms with Crippen LogP contribution >= 0.6 is 23.2 Å². The molecule has 0 spiro atoms. The highest BCUT2D eigenvalue weighted by Gasteiger charge is 2.37. The lowest BCUT2D eigenvalue weighted by molar-refractivity contribution is -0.121. The molecule has 4 aromatic rings. The summed E-state index contributed by atoms with van der Waals surface area (Å²) >= 11 is 13.1. The van der Waals surface area contributed by atoms with Gasteiger partial charge in [0.25, 0.3) is 0 Å². The topological polar surface area (TPSA) is 112 Å². The van der Waals surface area contributed by atoms with Crippen molar-refractivity contribution in [3.05, 3.63) is 81.8 Å². The van der Waals surface area contributed by atoms with Crippen LogP contribution in [-0.2, 0) is 25.3 Å². The van der Waals surface area contributed by atoms with Crippen molar-refractivity contribution in [1.82, 2.24) is 10.6 Å². The normalized spacial score (nSPS) is 13.7. The summed E-state index contributed by atoms with van der Waals surface area (Å²) in [6.45, 7) is 7.23. The molecule has 4 rings (SSSR count). The van der Waals surface area contributed by atoms with Crippen LogP contribution in [-0.4, -0.2) is 45.4 Å². The first-order chi connectivity index (χ1) is 21.9. The zero-order valence-electron chi connectivity index (χ0n) is 26.7. The van der Waals surface area contributed by atoms with Gasteiger partial charge in [-0.05, 0) is 73.9 Å². The number of nitrogens with one attached hydrogen (secondary N) is 2. The van der Waals surface area contributed by atoms with E-state index in [1.165, 1.54) is 0 Å². The first-order valence-electron chi connectivity index (χ1n) is 14.8. The number of ether oxygens (including phenoxy) is 4. The first kappa shape index (κ1) is 34.7. The van der Waals surface area contributed by atoms with Crippen molar-refractivity contribution < 1.29 is 33.3 Å². The summed E-state index contributed by atoms with van der Waals surface area (Å²) in [5.41, 5.74) is -1.03. The second-order valence-corrected chi connectivity index (χ2v) is 12.0. The molecule has 0 aromatic heterocycles. The van der Waals surface area contributed by atoms with E-state index in [9.17, 15) is 14.4 Å². The van der Waals surface area contributed by atoms with Crippen LogP contribution < -0.4 is 20.1 Å². The molecule has 244 valence electrons. The molecular formula is C35H38Cl2N2O7. The van der Waals surface area contributed by atoms with Gasteiger partial charge in [-0.1, -0.05) is 59.6 Å². The van der Waals surface area contributed by atoms with Gasteiger partial charge in [0, 0.05) is 23.6 Å². The maximum Gasteiger partial charge on any atom is 0.407 e. The van der Waals surface area contributed by atoms with Crippen LogP contribution in [0.25, 0.3) is 21.5 Å². The van der Waals surface area contributed by atoms with Crippen LogP contribution in [0, 0.1) is 0 Å². The van der Waals surface area contributed by atoms with Crippen LogP contribution in [0.5, 0.6) is 11.5 Å². The molecule has 2 N–H and O–H groups in total. The molecule has 0 unspecified atom stereocenters. The molecule has 0 aliphatic rings. The number of fused-ring (bicyclic) bond motifs is 2. The Labute approximate surface area is 278 Å². The van der Waals surface area contributed by atoms with E-state index >= 15 is 0 Å². The highest BCUT2D eigenvalue weighted by Crippen LogP contribution is 2.38. The van der Waals surface area contributed by atoms with Crippen molar-refractivity contribution in [2.24, 2.45) is 0 Å². The number of Topliss-reactive ketones (excluding diaryl/α,β-unsaturated/α-hetero) is 1. The summed E-state index contributed by atoms with van der Waals surface area (Å²) in [5.74, 6) is 0.834. The fourth-order valence-electron chi connectivity index (χ4n) is 5.62. The number of rotatable bonds is 12. The Morgan fingerprint density at radius 2 is 1.04 bits per heavy atom. The van der Waals surface area contributed by atoms with E-state index in [2.05, 4.69) is 10.6 Å². The number of halogens is 2. The third kappa shape index (κ3) is 7.43. The van der Waals surface area contributed by atoms with Gasteiger partial charge >= 0.3 is 12.2 Å². The average molecular weight is 670 g/mol. The molecule has 0 heterocycles. The lowest BCUT2D eigenvalue weighted by Gasteiger charge is -2.34. The number of benzene rings is 4. The highest BCUT2D eigenvalue weighted by atomic mass is 35.5. The van der Waals surface area contributed by atoms with Crippen LogP contribution in [0.3, 0.4) is 0 Å². The van der Waals surface area contributed by atoms with Gasteiger partial charge in [-0.15, -0.1) is 0 Å². The zero-order valence-corrected chi connectivity index (χ0v) is 28.2. The fraction of sp³-hybridized carbons (Fsp3) is 0.343. The van der Waals surface area contributed by atoms with Crippen LogP contribution in [0.4, 0.5) is 9.59 Å². The summed E-state index contributed by atoms with van der Waals surface area (Å²) in [5, 5.41) is 9.82. The first-order valence-corrected chi connectivity index (χ1v) is 15.6. The third-order valence-corrected chi connectivity index (χ3v) is 8.74. The standard InChI is InChI=1S/C35H38Cl2N2O7/c1-7-45-32(41)38-34(3,23-11-13-26-21(17-23)9-15-28(43-5)30(26)36)19-25(40)20-35(4,39-33(42)46-8-2)24-12-14-27-22(18-24)10-16-29(44-6)31(27)37/h9-18H,7-8,19-20H2,1-6H3,(H,38,41)(H,39,42)/t34-,35-/m1/s1. The van der Waals surface area contributed by atoms with Crippen molar-refractivity contribution in [1.29, 1.82) is 0 Å². The molecule has 0 bridgehead atoms. The van der Waals surface area contributed by atoms with Gasteiger partial charge in [-0.2, -0.15) is 0 Å². The molecule has 4 aromatic carbocycles. The van der Waals surface area contributed by atoms with Gasteiger partial charge in [-0.25, -0.2) is 9.59 Å². The van der Waals surface area contributed by atoms with Crippen LogP contribution in [0.2, 0.25) is 10.0 Å². The van der Waals surface area contributed by atoms with Gasteiger partial charge in [-0.3, -0.25) is 4.79 Å². The SMILES string of the molecule is CCOC(=O)N[C@](C)(CC(=O)C[C@@](C)(NC(=O)OCC)c1ccc2c(Cl)c(OC)ccc2c1)c1ccc2c(Cl)c(OC)ccc2c1. The number of hydrogen-bond donors (Lipinski definition) is 2. The number of hydrogen-bond acceptors (Lipinski definition) is 7. The predicted octanol–water partition coefficient (Wildman–Crippen LogP) is 8.29. The van der Waals surface area contributed by atoms with Gasteiger partial charge in [0.1, 0.15) is 17.3 Å². The fourth-order valence-corrected chi connectivity index (χ4v) is 6.24. The second kappa shape index (κ2) is 14.5. The Balaban J connectivity index is 1.73. The number of ketones is 1. The van der Waals surface area contributed by atoms with Gasteiger partial charge in [0.15, 0.2) is 0 Å². The summed E-state index contributed by atoms with van der Waals surface area (Å²) in [6, 6.07) is 18.3. The average Bonchev–Trinajstić information content (AvgIpc) is 3.01. The summed E-state index contributed by atoms with van der Waals surface area (Å²) < 4.78 is 21.1. The monoisotopic (exact) mass is 668 g/mol. The minimum absolute atomic E-state index is 0.113. The molecule has 0 radical (unpaired) electrons. The maximum absolute atomic E-state index is 14.0. The van der Waals surface area contributed by atoms with Crippen LogP contribution in [0.1, 0.15) is 51.7 Å². The Bertz CT molecular complexity index is 1650. The Hall–Kier alpha value is -4.21. The van der Waals surface area contributed by atoms with E-state index in [1.807, 2.05) is 48.5 Å². The quantitative estimate of drug-likeness (QED) is 0.156. The molecule has 0 saturated carbocycles. The number of alkyl carbamates (subject to hydrolysis) is 2. The van der Waals surface area contributed by atoms with Gasteiger partial charge in [0.2, 0.25) is 0 Å². The van der Waals surface area contributed by atoms with E-state index < -0.39 is 23.3 Å². The number of amides is 2. The third-order valence-electron chi connectivity index (χ3n) is 7.96. The lowest BCUT2D eigenvalue weighted by atomic mass is 9.80. The van der Waals surface area contributed by atoms with Gasteiger partial charge < -0.3 is 29.6 Å². The van der Waals surface area contributed by atoms with Crippen molar-refractivity contribution in [3.63, 3.8) is 0 Å². The number of carbonyl (C=O) groups excluding carboxylic acids is 3.